The highest BCUT2D eigenvalue weighted by molar-refractivity contribution is 7.71. The third-order valence-electron chi connectivity index (χ3n) is 4.87. The molecule has 3 aromatic rings. The molecule has 7 nitrogen and oxygen atoms in total. The number of aryl methyl sites for hydroxylation is 1. The molecule has 2 aromatic carbocycles. The number of rotatable bonds is 9. The van der Waals surface area contributed by atoms with Crippen LogP contribution >= 0.6 is 12.2 Å². The molecule has 0 spiro atoms. The molecule has 2 N–H and O–H groups in total. The van der Waals surface area contributed by atoms with E-state index in [1.165, 1.54) is 0 Å². The van der Waals surface area contributed by atoms with Gasteiger partial charge in [0.2, 0.25) is 5.91 Å². The molecule has 0 aliphatic rings. The number of hydrogen-bond donors (Lipinski definition) is 2. The molecule has 0 aliphatic carbocycles. The summed E-state index contributed by atoms with van der Waals surface area (Å²) in [4.78, 5) is 25.0. The third kappa shape index (κ3) is 6.37. The zero-order valence-corrected chi connectivity index (χ0v) is 19.3. The van der Waals surface area contributed by atoms with Crippen LogP contribution in [0.3, 0.4) is 0 Å². The van der Waals surface area contributed by atoms with Crippen molar-refractivity contribution >= 4 is 24.1 Å². The minimum absolute atomic E-state index is 0.0631. The van der Waals surface area contributed by atoms with Gasteiger partial charge in [-0.3, -0.25) is 19.3 Å². The van der Waals surface area contributed by atoms with Gasteiger partial charge in [-0.2, -0.15) is 5.10 Å². The monoisotopic (exact) mass is 452 g/mol. The molecule has 3 rings (SSSR count). The molecule has 1 atom stereocenters. The molecular weight excluding hydrogens is 424 g/mol. The number of ether oxygens (including phenoxy) is 1. The number of esters is 1. The predicted octanol–water partition coefficient (Wildman–Crippen LogP) is 4.51. The highest BCUT2D eigenvalue weighted by Crippen LogP contribution is 2.20. The number of carbonyl (C=O) groups is 2. The average Bonchev–Trinajstić information content (AvgIpc) is 3.12. The number of nitrogens with one attached hydrogen (secondary N) is 2. The van der Waals surface area contributed by atoms with Gasteiger partial charge in [0.1, 0.15) is 0 Å². The van der Waals surface area contributed by atoms with E-state index in [4.69, 9.17) is 17.0 Å². The first-order chi connectivity index (χ1) is 15.3. The highest BCUT2D eigenvalue weighted by atomic mass is 32.1. The van der Waals surface area contributed by atoms with Crippen LogP contribution in [-0.2, 0) is 20.9 Å². The van der Waals surface area contributed by atoms with Crippen LogP contribution in [0.2, 0.25) is 0 Å². The van der Waals surface area contributed by atoms with Crippen LogP contribution in [0.5, 0.6) is 0 Å². The molecule has 1 heterocycles. The van der Waals surface area contributed by atoms with Crippen molar-refractivity contribution < 1.29 is 14.3 Å². The quantitative estimate of drug-likeness (QED) is 0.368. The molecule has 32 heavy (non-hydrogen) atoms. The fraction of sp³-hybridized carbons (Fsp3) is 0.333. The summed E-state index contributed by atoms with van der Waals surface area (Å²) in [7, 11) is 0. The molecule has 0 bridgehead atoms. The van der Waals surface area contributed by atoms with E-state index in [2.05, 4.69) is 15.5 Å². The largest absolute Gasteiger partial charge is 0.463 e. The first kappa shape index (κ1) is 23.4. The third-order valence-corrected chi connectivity index (χ3v) is 5.18. The summed E-state index contributed by atoms with van der Waals surface area (Å²) in [6, 6.07) is 16.9. The Balaban J connectivity index is 1.70. The zero-order valence-electron chi connectivity index (χ0n) is 18.5. The van der Waals surface area contributed by atoms with Crippen molar-refractivity contribution in [3.63, 3.8) is 0 Å². The van der Waals surface area contributed by atoms with Crippen LogP contribution < -0.4 is 5.32 Å². The summed E-state index contributed by atoms with van der Waals surface area (Å²) < 4.78 is 7.54. The SMILES string of the molecule is Cc1cccc(-c2n[nH]c(=S)n2CCC(=O)NC(CC(=O)OC(C)C)c2ccccc2)c1. The van der Waals surface area contributed by atoms with Crippen LogP contribution in [0.25, 0.3) is 11.4 Å². The second kappa shape index (κ2) is 10.9. The van der Waals surface area contributed by atoms with Gasteiger partial charge in [-0.05, 0) is 44.6 Å². The molecule has 0 radical (unpaired) electrons. The van der Waals surface area contributed by atoms with Gasteiger partial charge in [-0.25, -0.2) is 0 Å². The van der Waals surface area contributed by atoms with Crippen molar-refractivity contribution in [2.45, 2.75) is 52.3 Å². The lowest BCUT2D eigenvalue weighted by atomic mass is 10.0. The summed E-state index contributed by atoms with van der Waals surface area (Å²) >= 11 is 5.37. The van der Waals surface area contributed by atoms with Gasteiger partial charge in [0.25, 0.3) is 0 Å². The van der Waals surface area contributed by atoms with Gasteiger partial charge in [-0.1, -0.05) is 54.1 Å². The van der Waals surface area contributed by atoms with Gasteiger partial charge in [-0.15, -0.1) is 0 Å². The van der Waals surface area contributed by atoms with Crippen molar-refractivity contribution in [3.8, 4) is 11.4 Å². The molecule has 0 fully saturated rings. The van der Waals surface area contributed by atoms with Gasteiger partial charge in [0.05, 0.1) is 18.6 Å². The smallest absolute Gasteiger partial charge is 0.308 e. The minimum Gasteiger partial charge on any atom is -0.463 e. The first-order valence-electron chi connectivity index (χ1n) is 10.6. The van der Waals surface area contributed by atoms with Crippen molar-refractivity contribution in [2.75, 3.05) is 0 Å². The van der Waals surface area contributed by atoms with Crippen molar-refractivity contribution in [1.29, 1.82) is 0 Å². The highest BCUT2D eigenvalue weighted by Gasteiger charge is 2.20. The zero-order chi connectivity index (χ0) is 23.1. The van der Waals surface area contributed by atoms with Gasteiger partial charge >= 0.3 is 5.97 Å². The van der Waals surface area contributed by atoms with E-state index < -0.39 is 6.04 Å². The fourth-order valence-electron chi connectivity index (χ4n) is 3.42. The number of aromatic amines is 1. The number of nitrogens with zero attached hydrogens (tertiary/aromatic N) is 2. The lowest BCUT2D eigenvalue weighted by Gasteiger charge is -2.19. The van der Waals surface area contributed by atoms with Crippen LogP contribution in [0.15, 0.2) is 54.6 Å². The van der Waals surface area contributed by atoms with E-state index in [1.54, 1.807) is 13.8 Å². The maximum Gasteiger partial charge on any atom is 0.308 e. The minimum atomic E-state index is -0.469. The summed E-state index contributed by atoms with van der Waals surface area (Å²) in [6.07, 6.45) is 0.0423. The lowest BCUT2D eigenvalue weighted by Crippen LogP contribution is -2.31. The number of hydrogen-bond acceptors (Lipinski definition) is 5. The second-order valence-corrected chi connectivity index (χ2v) is 8.28. The molecule has 1 unspecified atom stereocenters. The summed E-state index contributed by atoms with van der Waals surface area (Å²) in [5.74, 6) is 0.147. The number of amides is 1. The van der Waals surface area contributed by atoms with Gasteiger partial charge in [0.15, 0.2) is 10.6 Å². The van der Waals surface area contributed by atoms with E-state index >= 15 is 0 Å². The van der Waals surface area contributed by atoms with E-state index in [1.807, 2.05) is 66.1 Å². The maximum absolute atomic E-state index is 12.8. The number of aromatic nitrogens is 3. The molecule has 1 aromatic heterocycles. The Kier molecular flexibility index (Phi) is 7.94. The Hall–Kier alpha value is -3.26. The number of H-pyrrole nitrogens is 1. The second-order valence-electron chi connectivity index (χ2n) is 7.90. The maximum atomic E-state index is 12.8. The van der Waals surface area contributed by atoms with Crippen molar-refractivity contribution in [3.05, 3.63) is 70.5 Å². The molecule has 1 amide bonds. The standard InChI is InChI=1S/C24H28N4O3S/c1-16(2)31-22(30)15-20(18-9-5-4-6-10-18)25-21(29)12-13-28-23(26-27-24(28)32)19-11-7-8-17(3)14-19/h4-11,14,16,20H,12-13,15H2,1-3H3,(H,25,29)(H,27,32). The Morgan fingerprint density at radius 3 is 2.59 bits per heavy atom. The summed E-state index contributed by atoms with van der Waals surface area (Å²) in [5.41, 5.74) is 2.89. The normalized spacial score (nSPS) is 11.9. The molecule has 0 saturated heterocycles. The van der Waals surface area contributed by atoms with E-state index in [-0.39, 0.29) is 30.8 Å². The number of carbonyl (C=O) groups excluding carboxylic acids is 2. The molecule has 8 heteroatoms. The van der Waals surface area contributed by atoms with Gasteiger partial charge in [0, 0.05) is 18.5 Å². The van der Waals surface area contributed by atoms with Crippen LogP contribution in [0.1, 0.15) is 43.9 Å². The van der Waals surface area contributed by atoms with Crippen LogP contribution in [0, 0.1) is 11.7 Å². The number of benzene rings is 2. The van der Waals surface area contributed by atoms with Crippen molar-refractivity contribution in [2.24, 2.45) is 0 Å². The average molecular weight is 453 g/mol. The topological polar surface area (TPSA) is 89.0 Å². The Bertz CT molecular complexity index is 1120. The molecular formula is C24H28N4O3S. The fourth-order valence-corrected chi connectivity index (χ4v) is 3.65. The Labute approximate surface area is 192 Å². The van der Waals surface area contributed by atoms with Crippen LogP contribution in [0.4, 0.5) is 0 Å². The predicted molar refractivity (Wildman–Crippen MR) is 125 cm³/mol. The summed E-state index contributed by atoms with van der Waals surface area (Å²) in [5, 5.41) is 10.1. The van der Waals surface area contributed by atoms with Gasteiger partial charge < -0.3 is 10.1 Å². The van der Waals surface area contributed by atoms with Crippen molar-refractivity contribution in [1.82, 2.24) is 20.1 Å². The van der Waals surface area contributed by atoms with E-state index in [0.29, 0.717) is 17.1 Å². The lowest BCUT2D eigenvalue weighted by molar-refractivity contribution is -0.148. The Morgan fingerprint density at radius 1 is 1.16 bits per heavy atom. The van der Waals surface area contributed by atoms with E-state index in [0.717, 1.165) is 16.7 Å². The summed E-state index contributed by atoms with van der Waals surface area (Å²) in [6.45, 7) is 5.97. The molecule has 168 valence electrons. The van der Waals surface area contributed by atoms with Crippen LogP contribution in [-0.4, -0.2) is 32.7 Å². The molecule has 0 aliphatic heterocycles. The molecule has 0 saturated carbocycles. The first-order valence-corrected chi connectivity index (χ1v) is 11.0. The Morgan fingerprint density at radius 2 is 1.91 bits per heavy atom. The van der Waals surface area contributed by atoms with E-state index in [9.17, 15) is 9.59 Å².